The fraction of sp³-hybridized carbons (Fsp3) is 0.900. The van der Waals surface area contributed by atoms with Crippen molar-refractivity contribution in [2.24, 2.45) is 0 Å². The Labute approximate surface area is 91.9 Å². The van der Waals surface area contributed by atoms with Crippen LogP contribution in [0.4, 0.5) is 4.79 Å². The second-order valence-corrected chi connectivity index (χ2v) is 11.2. The number of likely N-dealkylation sites (tertiary alicyclic amines) is 1. The third-order valence-corrected chi connectivity index (χ3v) is 4.67. The Hall–Kier alpha value is -0.553. The van der Waals surface area contributed by atoms with Gasteiger partial charge in [0, 0.05) is 14.1 Å². The van der Waals surface area contributed by atoms with Crippen LogP contribution in [0.3, 0.4) is 0 Å². The Kier molecular flexibility index (Phi) is 3.45. The molecule has 1 heterocycles. The molecular weight excluding hydrogens is 210 g/mol. The fourth-order valence-corrected chi connectivity index (χ4v) is 4.10. The smallest absolute Gasteiger partial charge is 0.407 e. The van der Waals surface area contributed by atoms with Crippen molar-refractivity contribution in [3.05, 3.63) is 0 Å². The lowest BCUT2D eigenvalue weighted by atomic mass is 10.2. The first-order valence-electron chi connectivity index (χ1n) is 5.41. The summed E-state index contributed by atoms with van der Waals surface area (Å²) in [6.07, 6.45) is -0.803. The number of hydrogen-bond acceptors (Lipinski definition) is 2. The Bertz CT molecular complexity index is 252. The number of rotatable bonds is 2. The van der Waals surface area contributed by atoms with Crippen LogP contribution in [0.5, 0.6) is 0 Å². The molecular formula is C10H21NO3Si. The lowest BCUT2D eigenvalue weighted by Gasteiger charge is -2.29. The number of nitrogens with zero attached hydrogens (tertiary/aromatic N) is 1. The molecule has 0 aromatic carbocycles. The standard InChI is InChI=1S/C10H21NO3Si/c1-7-9(12)5-8(6-15(2,3)4)11(7)10(13)14/h7-9,12H,5-6H2,1-4H3,(H,13,14)/t7-,8-,9-/m0/s1. The third kappa shape index (κ3) is 2.95. The van der Waals surface area contributed by atoms with Gasteiger partial charge < -0.3 is 15.1 Å². The van der Waals surface area contributed by atoms with E-state index in [2.05, 4.69) is 19.6 Å². The molecule has 15 heavy (non-hydrogen) atoms. The molecule has 88 valence electrons. The van der Waals surface area contributed by atoms with Crippen LogP contribution in [0.2, 0.25) is 25.7 Å². The average molecular weight is 231 g/mol. The summed E-state index contributed by atoms with van der Waals surface area (Å²) in [5, 5.41) is 18.8. The van der Waals surface area contributed by atoms with Crippen molar-refractivity contribution in [1.29, 1.82) is 0 Å². The van der Waals surface area contributed by atoms with Crippen LogP contribution in [-0.4, -0.2) is 47.5 Å². The van der Waals surface area contributed by atoms with Gasteiger partial charge in [-0.25, -0.2) is 4.79 Å². The second kappa shape index (κ2) is 4.13. The number of hydrogen-bond donors (Lipinski definition) is 2. The highest BCUT2D eigenvalue weighted by molar-refractivity contribution is 6.76. The first kappa shape index (κ1) is 12.5. The molecule has 0 aliphatic carbocycles. The van der Waals surface area contributed by atoms with Crippen molar-refractivity contribution in [2.45, 2.75) is 57.2 Å². The van der Waals surface area contributed by atoms with Crippen LogP contribution in [0.1, 0.15) is 13.3 Å². The van der Waals surface area contributed by atoms with Crippen molar-refractivity contribution in [3.8, 4) is 0 Å². The van der Waals surface area contributed by atoms with Crippen LogP contribution in [0.25, 0.3) is 0 Å². The predicted molar refractivity (Wildman–Crippen MR) is 61.9 cm³/mol. The molecule has 1 aliphatic rings. The Balaban J connectivity index is 2.76. The number of carbonyl (C=O) groups is 1. The van der Waals surface area contributed by atoms with Gasteiger partial charge in [-0.05, 0) is 19.4 Å². The van der Waals surface area contributed by atoms with Gasteiger partial charge in [0.25, 0.3) is 0 Å². The molecule has 0 aromatic rings. The summed E-state index contributed by atoms with van der Waals surface area (Å²) < 4.78 is 0. The van der Waals surface area contributed by atoms with E-state index in [9.17, 15) is 9.90 Å². The highest BCUT2D eigenvalue weighted by atomic mass is 28.3. The van der Waals surface area contributed by atoms with Crippen molar-refractivity contribution in [2.75, 3.05) is 0 Å². The molecule has 1 saturated heterocycles. The zero-order valence-corrected chi connectivity index (χ0v) is 10.9. The van der Waals surface area contributed by atoms with Crippen LogP contribution in [0, 0.1) is 0 Å². The van der Waals surface area contributed by atoms with Crippen LogP contribution >= 0.6 is 0 Å². The van der Waals surface area contributed by atoms with E-state index in [4.69, 9.17) is 5.11 Å². The fourth-order valence-electron chi connectivity index (χ4n) is 2.33. The van der Waals surface area contributed by atoms with Gasteiger partial charge in [-0.2, -0.15) is 0 Å². The number of amides is 1. The van der Waals surface area contributed by atoms with Gasteiger partial charge in [0.2, 0.25) is 0 Å². The SMILES string of the molecule is C[C@H]1[C@@H](O)C[C@@H](C[Si](C)(C)C)N1C(=O)O. The van der Waals surface area contributed by atoms with Crippen LogP contribution in [-0.2, 0) is 0 Å². The van der Waals surface area contributed by atoms with E-state index in [1.54, 1.807) is 6.92 Å². The quantitative estimate of drug-likeness (QED) is 0.713. The minimum atomic E-state index is -1.29. The van der Waals surface area contributed by atoms with Gasteiger partial charge in [-0.1, -0.05) is 19.6 Å². The molecule has 0 radical (unpaired) electrons. The molecule has 0 bridgehead atoms. The molecule has 4 nitrogen and oxygen atoms in total. The van der Waals surface area contributed by atoms with E-state index in [0.717, 1.165) is 6.04 Å². The molecule has 1 aliphatic heterocycles. The van der Waals surface area contributed by atoms with Gasteiger partial charge in [-0.3, -0.25) is 0 Å². The average Bonchev–Trinajstić information content (AvgIpc) is 2.23. The van der Waals surface area contributed by atoms with Crippen LogP contribution < -0.4 is 0 Å². The summed E-state index contributed by atoms with van der Waals surface area (Å²) in [6, 6.07) is 0.684. The van der Waals surface area contributed by atoms with Gasteiger partial charge in [0.05, 0.1) is 12.1 Å². The summed E-state index contributed by atoms with van der Waals surface area (Å²) in [5.41, 5.74) is 0. The Morgan fingerprint density at radius 1 is 1.47 bits per heavy atom. The number of aliphatic hydroxyl groups excluding tert-OH is 1. The second-order valence-electron chi connectivity index (χ2n) is 5.65. The summed E-state index contributed by atoms with van der Waals surface area (Å²) >= 11 is 0. The van der Waals surface area contributed by atoms with Crippen molar-refractivity contribution in [1.82, 2.24) is 4.90 Å². The number of aliphatic hydroxyl groups is 1. The maximum Gasteiger partial charge on any atom is 0.407 e. The van der Waals surface area contributed by atoms with Crippen molar-refractivity contribution < 1.29 is 15.0 Å². The first-order chi connectivity index (χ1) is 6.72. The number of carboxylic acid groups (broad SMARTS) is 1. The van der Waals surface area contributed by atoms with E-state index >= 15 is 0 Å². The zero-order chi connectivity index (χ0) is 11.8. The molecule has 1 rings (SSSR count). The molecule has 0 unspecified atom stereocenters. The van der Waals surface area contributed by atoms with E-state index in [1.165, 1.54) is 4.90 Å². The summed E-state index contributed by atoms with van der Waals surface area (Å²) in [5.74, 6) is 0. The third-order valence-electron chi connectivity index (χ3n) is 2.97. The van der Waals surface area contributed by atoms with E-state index in [-0.39, 0.29) is 12.1 Å². The van der Waals surface area contributed by atoms with E-state index in [1.807, 2.05) is 0 Å². The highest BCUT2D eigenvalue weighted by Crippen LogP contribution is 2.30. The summed E-state index contributed by atoms with van der Waals surface area (Å²) in [7, 11) is -1.29. The zero-order valence-electron chi connectivity index (χ0n) is 9.90. The van der Waals surface area contributed by atoms with Crippen molar-refractivity contribution >= 4 is 14.2 Å². The Morgan fingerprint density at radius 3 is 2.40 bits per heavy atom. The molecule has 5 heteroatoms. The molecule has 0 saturated carbocycles. The maximum absolute atomic E-state index is 11.1. The molecule has 0 spiro atoms. The van der Waals surface area contributed by atoms with E-state index < -0.39 is 20.3 Å². The molecule has 1 fully saturated rings. The first-order valence-corrected chi connectivity index (χ1v) is 9.12. The molecule has 3 atom stereocenters. The minimum Gasteiger partial charge on any atom is -0.465 e. The van der Waals surface area contributed by atoms with Gasteiger partial charge in [-0.15, -0.1) is 0 Å². The maximum atomic E-state index is 11.1. The lowest BCUT2D eigenvalue weighted by Crippen LogP contribution is -2.43. The molecule has 1 amide bonds. The van der Waals surface area contributed by atoms with E-state index in [0.29, 0.717) is 6.42 Å². The van der Waals surface area contributed by atoms with Gasteiger partial charge in [0.1, 0.15) is 0 Å². The van der Waals surface area contributed by atoms with Crippen LogP contribution in [0.15, 0.2) is 0 Å². The largest absolute Gasteiger partial charge is 0.465 e. The van der Waals surface area contributed by atoms with Gasteiger partial charge in [0.15, 0.2) is 0 Å². The van der Waals surface area contributed by atoms with Crippen molar-refractivity contribution in [3.63, 3.8) is 0 Å². The molecule has 2 N–H and O–H groups in total. The Morgan fingerprint density at radius 2 is 2.00 bits per heavy atom. The topological polar surface area (TPSA) is 60.8 Å². The summed E-state index contributed by atoms with van der Waals surface area (Å²) in [6.45, 7) is 8.45. The highest BCUT2D eigenvalue weighted by Gasteiger charge is 2.42. The molecule has 0 aromatic heterocycles. The predicted octanol–water partition coefficient (Wildman–Crippen LogP) is 1.83. The minimum absolute atomic E-state index is 0.0131. The lowest BCUT2D eigenvalue weighted by molar-refractivity contribution is 0.101. The summed E-state index contributed by atoms with van der Waals surface area (Å²) in [4.78, 5) is 12.5. The van der Waals surface area contributed by atoms with Gasteiger partial charge >= 0.3 is 6.09 Å². The normalized spacial score (nSPS) is 32.1. The monoisotopic (exact) mass is 231 g/mol.